The second kappa shape index (κ2) is 5.68. The van der Waals surface area contributed by atoms with Crippen LogP contribution in [0.15, 0.2) is 41.4 Å². The standard InChI is InChI=1S/C17H17N3O3S/c21-17-6-3-13-10-14(4-5-15(13)19-17)24(22,23)20-9-7-12-2-1-8-18-16(12)11-20/h1-2,4-5,8,10H,3,6-7,9,11H2,(H,19,21). The van der Waals surface area contributed by atoms with E-state index in [1.807, 2.05) is 12.1 Å². The zero-order valence-electron chi connectivity index (χ0n) is 13.0. The molecular formula is C17H17N3O3S. The summed E-state index contributed by atoms with van der Waals surface area (Å²) in [5.74, 6) is -0.0307. The van der Waals surface area contributed by atoms with Gasteiger partial charge in [0, 0.05) is 24.8 Å². The van der Waals surface area contributed by atoms with Crippen LogP contribution < -0.4 is 5.32 Å². The van der Waals surface area contributed by atoms with Gasteiger partial charge < -0.3 is 5.32 Å². The number of nitrogens with zero attached hydrogens (tertiary/aromatic N) is 2. The first-order valence-electron chi connectivity index (χ1n) is 7.90. The number of carbonyl (C=O) groups is 1. The predicted molar refractivity (Wildman–Crippen MR) is 88.9 cm³/mol. The molecule has 3 heterocycles. The summed E-state index contributed by atoms with van der Waals surface area (Å²) in [6.07, 6.45) is 3.31. The van der Waals surface area contributed by atoms with Gasteiger partial charge >= 0.3 is 0 Å². The van der Waals surface area contributed by atoms with Crippen molar-refractivity contribution in [3.05, 3.63) is 53.3 Å². The number of aryl methyl sites for hydroxylation is 1. The summed E-state index contributed by atoms with van der Waals surface area (Å²) >= 11 is 0. The lowest BCUT2D eigenvalue weighted by molar-refractivity contribution is -0.116. The Morgan fingerprint density at radius 1 is 1.08 bits per heavy atom. The molecule has 2 aliphatic rings. The van der Waals surface area contributed by atoms with E-state index in [0.717, 1.165) is 16.8 Å². The zero-order valence-corrected chi connectivity index (χ0v) is 13.8. The highest BCUT2D eigenvalue weighted by Crippen LogP contribution is 2.29. The van der Waals surface area contributed by atoms with Crippen molar-refractivity contribution in [3.8, 4) is 0 Å². The Balaban J connectivity index is 1.65. The van der Waals surface area contributed by atoms with E-state index < -0.39 is 10.0 Å². The van der Waals surface area contributed by atoms with E-state index in [-0.39, 0.29) is 10.8 Å². The first kappa shape index (κ1) is 15.3. The lowest BCUT2D eigenvalue weighted by Crippen LogP contribution is -2.36. The molecule has 124 valence electrons. The van der Waals surface area contributed by atoms with Crippen LogP contribution in [0.4, 0.5) is 5.69 Å². The van der Waals surface area contributed by atoms with Gasteiger partial charge in [-0.1, -0.05) is 6.07 Å². The lowest BCUT2D eigenvalue weighted by Gasteiger charge is -2.27. The van der Waals surface area contributed by atoms with Crippen LogP contribution in [-0.4, -0.2) is 30.2 Å². The zero-order chi connectivity index (χ0) is 16.7. The molecule has 2 aromatic rings. The van der Waals surface area contributed by atoms with Gasteiger partial charge in [0.25, 0.3) is 0 Å². The lowest BCUT2D eigenvalue weighted by atomic mass is 10.0. The molecule has 0 radical (unpaired) electrons. The highest BCUT2D eigenvalue weighted by Gasteiger charge is 2.29. The molecule has 0 unspecified atom stereocenters. The number of hydrogen-bond acceptors (Lipinski definition) is 4. The number of sulfonamides is 1. The van der Waals surface area contributed by atoms with Crippen molar-refractivity contribution < 1.29 is 13.2 Å². The summed E-state index contributed by atoms with van der Waals surface area (Å²) in [6.45, 7) is 0.751. The van der Waals surface area contributed by atoms with Crippen LogP contribution in [0.25, 0.3) is 0 Å². The Kier molecular flexibility index (Phi) is 3.62. The minimum atomic E-state index is -3.57. The summed E-state index contributed by atoms with van der Waals surface area (Å²) in [7, 11) is -3.57. The van der Waals surface area contributed by atoms with E-state index in [2.05, 4.69) is 10.3 Å². The van der Waals surface area contributed by atoms with Gasteiger partial charge in [0.15, 0.2) is 0 Å². The summed E-state index contributed by atoms with van der Waals surface area (Å²) < 4.78 is 27.4. The van der Waals surface area contributed by atoms with Crippen LogP contribution >= 0.6 is 0 Å². The van der Waals surface area contributed by atoms with Crippen LogP contribution in [-0.2, 0) is 34.2 Å². The average Bonchev–Trinajstić information content (AvgIpc) is 2.60. The van der Waals surface area contributed by atoms with E-state index in [0.29, 0.717) is 38.0 Å². The Morgan fingerprint density at radius 2 is 1.96 bits per heavy atom. The molecule has 1 amide bonds. The number of aromatic nitrogens is 1. The third-order valence-electron chi connectivity index (χ3n) is 4.55. The van der Waals surface area contributed by atoms with Crippen LogP contribution in [0.1, 0.15) is 23.2 Å². The Bertz CT molecular complexity index is 924. The third-order valence-corrected chi connectivity index (χ3v) is 6.39. The summed E-state index contributed by atoms with van der Waals surface area (Å²) in [5.41, 5.74) is 3.50. The number of nitrogens with one attached hydrogen (secondary N) is 1. The maximum Gasteiger partial charge on any atom is 0.243 e. The maximum atomic E-state index is 13.0. The summed E-state index contributed by atoms with van der Waals surface area (Å²) in [6, 6.07) is 8.79. The van der Waals surface area contributed by atoms with Gasteiger partial charge in [-0.15, -0.1) is 0 Å². The largest absolute Gasteiger partial charge is 0.326 e. The van der Waals surface area contributed by atoms with Crippen molar-refractivity contribution in [1.29, 1.82) is 0 Å². The Hall–Kier alpha value is -2.25. The van der Waals surface area contributed by atoms with Gasteiger partial charge in [-0.3, -0.25) is 9.78 Å². The molecule has 24 heavy (non-hydrogen) atoms. The molecule has 0 spiro atoms. The Morgan fingerprint density at radius 3 is 2.83 bits per heavy atom. The molecular weight excluding hydrogens is 326 g/mol. The molecule has 1 aromatic carbocycles. The first-order chi connectivity index (χ1) is 11.5. The third kappa shape index (κ3) is 2.59. The monoisotopic (exact) mass is 343 g/mol. The summed E-state index contributed by atoms with van der Waals surface area (Å²) in [5, 5.41) is 2.77. The van der Waals surface area contributed by atoms with Crippen LogP contribution in [0.2, 0.25) is 0 Å². The number of amides is 1. The molecule has 0 bridgehead atoms. The number of benzene rings is 1. The van der Waals surface area contributed by atoms with Crippen molar-refractivity contribution >= 4 is 21.6 Å². The Labute approximate surface area is 140 Å². The molecule has 1 aromatic heterocycles. The van der Waals surface area contributed by atoms with Gasteiger partial charge in [-0.2, -0.15) is 4.31 Å². The molecule has 1 N–H and O–H groups in total. The molecule has 7 heteroatoms. The number of hydrogen-bond donors (Lipinski definition) is 1. The van der Waals surface area contributed by atoms with Gasteiger partial charge in [0.1, 0.15) is 0 Å². The second-order valence-electron chi connectivity index (χ2n) is 6.06. The minimum Gasteiger partial charge on any atom is -0.326 e. The van der Waals surface area contributed by atoms with Crippen molar-refractivity contribution in [2.24, 2.45) is 0 Å². The topological polar surface area (TPSA) is 79.4 Å². The molecule has 0 aliphatic carbocycles. The molecule has 0 saturated heterocycles. The van der Waals surface area contributed by atoms with E-state index >= 15 is 0 Å². The molecule has 0 fully saturated rings. The number of rotatable bonds is 2. The number of carbonyl (C=O) groups excluding carboxylic acids is 1. The van der Waals surface area contributed by atoms with Crippen molar-refractivity contribution in [2.45, 2.75) is 30.7 Å². The smallest absolute Gasteiger partial charge is 0.243 e. The normalized spacial score (nSPS) is 17.8. The van der Waals surface area contributed by atoms with E-state index in [1.165, 1.54) is 4.31 Å². The van der Waals surface area contributed by atoms with Crippen LogP contribution in [0.5, 0.6) is 0 Å². The molecule has 4 rings (SSSR count). The number of pyridine rings is 1. The van der Waals surface area contributed by atoms with Crippen molar-refractivity contribution in [3.63, 3.8) is 0 Å². The van der Waals surface area contributed by atoms with Gasteiger partial charge in [-0.05, 0) is 48.2 Å². The second-order valence-corrected chi connectivity index (χ2v) is 8.00. The highest BCUT2D eigenvalue weighted by molar-refractivity contribution is 7.89. The van der Waals surface area contributed by atoms with Crippen LogP contribution in [0.3, 0.4) is 0 Å². The fraction of sp³-hybridized carbons (Fsp3) is 0.294. The molecule has 6 nitrogen and oxygen atoms in total. The van der Waals surface area contributed by atoms with Gasteiger partial charge in [0.05, 0.1) is 17.1 Å². The fourth-order valence-corrected chi connectivity index (χ4v) is 4.66. The van der Waals surface area contributed by atoms with Crippen molar-refractivity contribution in [1.82, 2.24) is 9.29 Å². The SMILES string of the molecule is O=C1CCc2cc(S(=O)(=O)N3CCc4cccnc4C3)ccc2N1. The first-order valence-corrected chi connectivity index (χ1v) is 9.34. The number of fused-ring (bicyclic) bond motifs is 2. The number of anilines is 1. The predicted octanol–water partition coefficient (Wildman–Crippen LogP) is 1.71. The highest BCUT2D eigenvalue weighted by atomic mass is 32.2. The molecule has 2 aliphatic heterocycles. The molecule has 0 atom stereocenters. The van der Waals surface area contributed by atoms with Crippen LogP contribution in [0, 0.1) is 0 Å². The molecule has 0 saturated carbocycles. The minimum absolute atomic E-state index is 0.0307. The van der Waals surface area contributed by atoms with Gasteiger partial charge in [-0.25, -0.2) is 8.42 Å². The van der Waals surface area contributed by atoms with Crippen molar-refractivity contribution in [2.75, 3.05) is 11.9 Å². The maximum absolute atomic E-state index is 13.0. The summed E-state index contributed by atoms with van der Waals surface area (Å²) in [4.78, 5) is 16.0. The average molecular weight is 343 g/mol. The van der Waals surface area contributed by atoms with E-state index in [9.17, 15) is 13.2 Å². The van der Waals surface area contributed by atoms with E-state index in [1.54, 1.807) is 24.4 Å². The quantitative estimate of drug-likeness (QED) is 0.900. The van der Waals surface area contributed by atoms with Gasteiger partial charge in [0.2, 0.25) is 15.9 Å². The van der Waals surface area contributed by atoms with E-state index in [4.69, 9.17) is 0 Å². The fourth-order valence-electron chi connectivity index (χ4n) is 3.21.